The molecule has 0 unspecified atom stereocenters. The number of nitrogens with zero attached hydrogens (tertiary/aromatic N) is 3. The third-order valence-electron chi connectivity index (χ3n) is 3.25. The van der Waals surface area contributed by atoms with E-state index in [0.717, 1.165) is 0 Å². The highest BCUT2D eigenvalue weighted by Crippen LogP contribution is 2.24. The van der Waals surface area contributed by atoms with Crippen LogP contribution in [-0.2, 0) is 20.9 Å². The average Bonchev–Trinajstić information content (AvgIpc) is 2.95. The Bertz CT molecular complexity index is 485. The molecule has 1 aromatic rings. The smallest absolute Gasteiger partial charge is 0.308 e. The molecule has 7 nitrogen and oxygen atoms in total. The molecule has 1 saturated heterocycles. The first kappa shape index (κ1) is 13.5. The molecule has 0 spiro atoms. The molecule has 0 bridgehead atoms. The van der Waals surface area contributed by atoms with Crippen LogP contribution in [0.3, 0.4) is 0 Å². The van der Waals surface area contributed by atoms with Crippen LogP contribution in [0.1, 0.15) is 13.3 Å². The number of anilines is 1. The van der Waals surface area contributed by atoms with Crippen LogP contribution in [0.2, 0.25) is 0 Å². The number of carbonyl (C=O) groups excluding carboxylic acids is 1. The minimum Gasteiger partial charge on any atom is -0.481 e. The largest absolute Gasteiger partial charge is 0.481 e. The lowest BCUT2D eigenvalue weighted by atomic mass is 10.1. The van der Waals surface area contributed by atoms with Gasteiger partial charge in [-0.05, 0) is 6.92 Å². The van der Waals surface area contributed by atoms with E-state index in [9.17, 15) is 9.59 Å². The summed E-state index contributed by atoms with van der Waals surface area (Å²) in [6.45, 7) is 2.71. The number of hydrogen-bond donors (Lipinski definition) is 1. The summed E-state index contributed by atoms with van der Waals surface area (Å²) in [6, 6.07) is 0. The van der Waals surface area contributed by atoms with Crippen molar-refractivity contribution < 1.29 is 19.4 Å². The molecule has 0 aromatic carbocycles. The number of carboxylic acid groups (broad SMARTS) is 1. The summed E-state index contributed by atoms with van der Waals surface area (Å²) in [7, 11) is 1.62. The van der Waals surface area contributed by atoms with Crippen molar-refractivity contribution in [2.45, 2.75) is 26.0 Å². The number of aromatic nitrogens is 2. The first-order valence-corrected chi connectivity index (χ1v) is 6.09. The van der Waals surface area contributed by atoms with Gasteiger partial charge in [0.1, 0.15) is 0 Å². The van der Waals surface area contributed by atoms with Gasteiger partial charge in [-0.2, -0.15) is 5.10 Å². The first-order valence-electron chi connectivity index (χ1n) is 6.09. The first-order chi connectivity index (χ1) is 9.01. The molecule has 1 fully saturated rings. The van der Waals surface area contributed by atoms with Gasteiger partial charge in [-0.3, -0.25) is 14.3 Å². The Morgan fingerprint density at radius 3 is 3.00 bits per heavy atom. The second kappa shape index (κ2) is 5.40. The van der Waals surface area contributed by atoms with Crippen molar-refractivity contribution in [2.24, 2.45) is 5.92 Å². The summed E-state index contributed by atoms with van der Waals surface area (Å²) in [5, 5.41) is 13.1. The van der Waals surface area contributed by atoms with Crippen LogP contribution in [-0.4, -0.2) is 46.5 Å². The Labute approximate surface area is 110 Å². The van der Waals surface area contributed by atoms with Crippen LogP contribution in [0.25, 0.3) is 0 Å². The molecule has 2 rings (SSSR count). The van der Waals surface area contributed by atoms with E-state index < -0.39 is 11.9 Å². The highest BCUT2D eigenvalue weighted by molar-refractivity contribution is 5.98. The number of amides is 1. The second-order valence-corrected chi connectivity index (χ2v) is 4.71. The van der Waals surface area contributed by atoms with Gasteiger partial charge >= 0.3 is 5.97 Å². The summed E-state index contributed by atoms with van der Waals surface area (Å²) in [5.41, 5.74) is 0.636. The molecule has 2 heterocycles. The van der Waals surface area contributed by atoms with E-state index in [0.29, 0.717) is 12.2 Å². The van der Waals surface area contributed by atoms with Crippen molar-refractivity contribution >= 4 is 17.6 Å². The minimum absolute atomic E-state index is 0.0220. The fourth-order valence-electron chi connectivity index (χ4n) is 2.05. The van der Waals surface area contributed by atoms with Crippen molar-refractivity contribution in [1.29, 1.82) is 0 Å². The lowest BCUT2D eigenvalue weighted by Crippen LogP contribution is -2.25. The molecule has 2 atom stereocenters. The van der Waals surface area contributed by atoms with Crippen LogP contribution in [0.4, 0.5) is 5.69 Å². The number of hydrogen-bond acceptors (Lipinski definition) is 4. The third kappa shape index (κ3) is 2.93. The lowest BCUT2D eigenvalue weighted by Gasteiger charge is -2.13. The monoisotopic (exact) mass is 267 g/mol. The van der Waals surface area contributed by atoms with Crippen LogP contribution >= 0.6 is 0 Å². The second-order valence-electron chi connectivity index (χ2n) is 4.71. The number of methoxy groups -OCH3 is 1. The molecule has 7 heteroatoms. The molecule has 19 heavy (non-hydrogen) atoms. The molecule has 1 aromatic heterocycles. The van der Waals surface area contributed by atoms with E-state index in [1.807, 2.05) is 6.92 Å². The maximum absolute atomic E-state index is 11.8. The summed E-state index contributed by atoms with van der Waals surface area (Å²) in [6.07, 6.45) is 3.38. The highest BCUT2D eigenvalue weighted by Gasteiger charge is 2.35. The molecule has 0 saturated carbocycles. The zero-order valence-electron chi connectivity index (χ0n) is 10.9. The van der Waals surface area contributed by atoms with E-state index in [1.54, 1.807) is 24.2 Å². The summed E-state index contributed by atoms with van der Waals surface area (Å²) >= 11 is 0. The van der Waals surface area contributed by atoms with E-state index in [-0.39, 0.29) is 25.0 Å². The van der Waals surface area contributed by atoms with Crippen molar-refractivity contribution in [2.75, 3.05) is 18.6 Å². The summed E-state index contributed by atoms with van der Waals surface area (Å²) in [4.78, 5) is 24.1. The Balaban J connectivity index is 2.06. The van der Waals surface area contributed by atoms with Gasteiger partial charge in [0.25, 0.3) is 0 Å². The van der Waals surface area contributed by atoms with Crippen molar-refractivity contribution in [1.82, 2.24) is 9.78 Å². The maximum Gasteiger partial charge on any atom is 0.308 e. The number of ether oxygens (including phenoxy) is 1. The Morgan fingerprint density at radius 1 is 1.68 bits per heavy atom. The zero-order chi connectivity index (χ0) is 14.0. The van der Waals surface area contributed by atoms with Gasteiger partial charge < -0.3 is 14.7 Å². The predicted molar refractivity (Wildman–Crippen MR) is 66.8 cm³/mol. The Morgan fingerprint density at radius 2 is 2.42 bits per heavy atom. The number of aliphatic carboxylic acids is 1. The summed E-state index contributed by atoms with van der Waals surface area (Å²) in [5.74, 6) is -1.74. The zero-order valence-corrected chi connectivity index (χ0v) is 10.9. The number of rotatable bonds is 5. The highest BCUT2D eigenvalue weighted by atomic mass is 16.5. The average molecular weight is 267 g/mol. The van der Waals surface area contributed by atoms with Gasteiger partial charge in [0.15, 0.2) is 0 Å². The minimum atomic E-state index is -0.934. The van der Waals surface area contributed by atoms with Gasteiger partial charge in [0, 0.05) is 26.3 Å². The molecular formula is C12H17N3O4. The Kier molecular flexibility index (Phi) is 3.84. The fourth-order valence-corrected chi connectivity index (χ4v) is 2.05. The van der Waals surface area contributed by atoms with Crippen LogP contribution < -0.4 is 4.90 Å². The summed E-state index contributed by atoms with van der Waals surface area (Å²) < 4.78 is 6.82. The van der Waals surface area contributed by atoms with Crippen molar-refractivity contribution in [3.8, 4) is 0 Å². The van der Waals surface area contributed by atoms with E-state index in [2.05, 4.69) is 5.10 Å². The quantitative estimate of drug-likeness (QED) is 0.832. The van der Waals surface area contributed by atoms with Crippen LogP contribution in [0.5, 0.6) is 0 Å². The lowest BCUT2D eigenvalue weighted by molar-refractivity contribution is -0.141. The van der Waals surface area contributed by atoms with Gasteiger partial charge in [-0.1, -0.05) is 0 Å². The van der Waals surface area contributed by atoms with E-state index >= 15 is 0 Å². The van der Waals surface area contributed by atoms with Gasteiger partial charge in [-0.25, -0.2) is 0 Å². The molecule has 104 valence electrons. The molecule has 0 aliphatic carbocycles. The molecule has 1 aliphatic rings. The van der Waals surface area contributed by atoms with Crippen LogP contribution in [0, 0.1) is 5.92 Å². The number of carboxylic acids is 1. The SMILES string of the molecule is CO[C@H](C)Cn1cc(N2C[C@@H](C(=O)O)CC2=O)cn1. The Hall–Kier alpha value is -1.89. The van der Waals surface area contributed by atoms with Crippen LogP contribution in [0.15, 0.2) is 12.4 Å². The predicted octanol–water partition coefficient (Wildman–Crippen LogP) is 0.355. The van der Waals surface area contributed by atoms with Gasteiger partial charge in [0.2, 0.25) is 5.91 Å². The normalized spacial score (nSPS) is 20.8. The van der Waals surface area contributed by atoms with Crippen molar-refractivity contribution in [3.63, 3.8) is 0 Å². The molecular weight excluding hydrogens is 250 g/mol. The standard InChI is InChI=1S/C12H17N3O4/c1-8(19-2)5-14-7-10(4-13-14)15-6-9(12(17)18)3-11(15)16/h4,7-9H,3,5-6H2,1-2H3,(H,17,18)/t8-,9+/m1/s1. The van der Waals surface area contributed by atoms with E-state index in [1.165, 1.54) is 4.90 Å². The van der Waals surface area contributed by atoms with Crippen molar-refractivity contribution in [3.05, 3.63) is 12.4 Å². The topological polar surface area (TPSA) is 84.7 Å². The fraction of sp³-hybridized carbons (Fsp3) is 0.583. The molecule has 0 radical (unpaired) electrons. The van der Waals surface area contributed by atoms with E-state index in [4.69, 9.17) is 9.84 Å². The maximum atomic E-state index is 11.8. The molecule has 1 aliphatic heterocycles. The van der Waals surface area contributed by atoms with Gasteiger partial charge in [-0.15, -0.1) is 0 Å². The molecule has 1 N–H and O–H groups in total. The third-order valence-corrected chi connectivity index (χ3v) is 3.25. The number of carbonyl (C=O) groups is 2. The molecule has 1 amide bonds. The van der Waals surface area contributed by atoms with Gasteiger partial charge in [0.05, 0.1) is 30.5 Å².